The van der Waals surface area contributed by atoms with E-state index in [1.165, 1.54) is 6.07 Å². The SMILES string of the molecule is CC1CCN(C(C(=O)Nc2cc(CC3CC3)ccc2F)C(C)C(F)(F)F)CC1.O=C(O)O. The number of carboxylic acid groups (broad SMARTS) is 2. The minimum Gasteiger partial charge on any atom is -0.450 e. The van der Waals surface area contributed by atoms with Gasteiger partial charge >= 0.3 is 12.3 Å². The van der Waals surface area contributed by atoms with Crippen molar-refractivity contribution in [2.24, 2.45) is 17.8 Å². The van der Waals surface area contributed by atoms with E-state index >= 15 is 0 Å². The topological polar surface area (TPSA) is 89.9 Å². The van der Waals surface area contributed by atoms with Gasteiger partial charge in [-0.2, -0.15) is 13.2 Å². The third-order valence-corrected chi connectivity index (χ3v) is 5.98. The van der Waals surface area contributed by atoms with Crippen LogP contribution in [0.4, 0.5) is 28.0 Å². The zero-order valence-corrected chi connectivity index (χ0v) is 18.2. The molecule has 180 valence electrons. The summed E-state index contributed by atoms with van der Waals surface area (Å²) in [6.45, 7) is 3.95. The number of carbonyl (C=O) groups is 2. The van der Waals surface area contributed by atoms with Gasteiger partial charge in [0, 0.05) is 0 Å². The molecule has 10 heteroatoms. The molecule has 0 radical (unpaired) electrons. The second kappa shape index (κ2) is 11.0. The van der Waals surface area contributed by atoms with Crippen LogP contribution < -0.4 is 5.32 Å². The van der Waals surface area contributed by atoms with Crippen molar-refractivity contribution in [3.63, 3.8) is 0 Å². The Balaban J connectivity index is 0.000000837. The van der Waals surface area contributed by atoms with Crippen LogP contribution >= 0.6 is 0 Å². The first kappa shape index (κ1) is 25.9. The Kier molecular flexibility index (Phi) is 8.89. The second-order valence-corrected chi connectivity index (χ2v) is 8.73. The molecule has 32 heavy (non-hydrogen) atoms. The van der Waals surface area contributed by atoms with E-state index in [1.54, 1.807) is 17.0 Å². The molecule has 1 aliphatic heterocycles. The molecule has 0 aromatic heterocycles. The summed E-state index contributed by atoms with van der Waals surface area (Å²) in [6, 6.07) is 3.14. The van der Waals surface area contributed by atoms with Crippen LogP contribution in [0.2, 0.25) is 0 Å². The summed E-state index contributed by atoms with van der Waals surface area (Å²) in [5.74, 6) is -2.24. The number of alkyl halides is 3. The minimum absolute atomic E-state index is 0.0344. The van der Waals surface area contributed by atoms with E-state index in [0.29, 0.717) is 24.9 Å². The van der Waals surface area contributed by atoms with Gasteiger partial charge in [0.25, 0.3) is 0 Å². The molecule has 2 atom stereocenters. The number of nitrogens with zero attached hydrogens (tertiary/aromatic N) is 1. The zero-order valence-electron chi connectivity index (χ0n) is 18.2. The lowest BCUT2D eigenvalue weighted by molar-refractivity contribution is -0.189. The van der Waals surface area contributed by atoms with Crippen LogP contribution in [0, 0.1) is 23.6 Å². The van der Waals surface area contributed by atoms with Gasteiger partial charge in [0.15, 0.2) is 0 Å². The smallest absolute Gasteiger partial charge is 0.450 e. The lowest BCUT2D eigenvalue weighted by Gasteiger charge is -2.39. The summed E-state index contributed by atoms with van der Waals surface area (Å²) in [5.41, 5.74) is 0.860. The van der Waals surface area contributed by atoms with Crippen molar-refractivity contribution in [1.29, 1.82) is 0 Å². The Morgan fingerprint density at radius 1 is 1.16 bits per heavy atom. The molecule has 0 spiro atoms. The quantitative estimate of drug-likeness (QED) is 0.503. The van der Waals surface area contributed by atoms with Gasteiger partial charge in [-0.25, -0.2) is 9.18 Å². The first-order valence-corrected chi connectivity index (χ1v) is 10.7. The Labute approximate surface area is 184 Å². The highest BCUT2D eigenvalue weighted by molar-refractivity contribution is 5.95. The van der Waals surface area contributed by atoms with Crippen molar-refractivity contribution in [2.45, 2.75) is 58.2 Å². The fourth-order valence-corrected chi connectivity index (χ4v) is 3.85. The number of rotatable bonds is 6. The summed E-state index contributed by atoms with van der Waals surface area (Å²) >= 11 is 0. The maximum atomic E-state index is 14.2. The number of anilines is 1. The molecule has 2 aliphatic rings. The van der Waals surface area contributed by atoms with Crippen molar-refractivity contribution in [1.82, 2.24) is 4.90 Å². The molecule has 1 aromatic carbocycles. The van der Waals surface area contributed by atoms with Crippen LogP contribution in [0.15, 0.2) is 18.2 Å². The number of carbonyl (C=O) groups excluding carboxylic acids is 1. The molecular weight excluding hydrogens is 432 g/mol. The molecule has 1 aliphatic carbocycles. The van der Waals surface area contributed by atoms with Crippen molar-refractivity contribution < 1.29 is 37.4 Å². The van der Waals surface area contributed by atoms with Crippen LogP contribution in [-0.2, 0) is 11.2 Å². The van der Waals surface area contributed by atoms with Gasteiger partial charge in [0.1, 0.15) is 11.9 Å². The molecule has 0 bridgehead atoms. The van der Waals surface area contributed by atoms with Crippen molar-refractivity contribution in [3.8, 4) is 0 Å². The predicted octanol–water partition coefficient (Wildman–Crippen LogP) is 5.24. The third-order valence-electron chi connectivity index (χ3n) is 5.98. The molecule has 2 fully saturated rings. The number of benzene rings is 1. The van der Waals surface area contributed by atoms with Gasteiger partial charge in [-0.15, -0.1) is 0 Å². The molecule has 2 unspecified atom stereocenters. The van der Waals surface area contributed by atoms with Gasteiger partial charge in [-0.1, -0.05) is 19.9 Å². The highest BCUT2D eigenvalue weighted by atomic mass is 19.4. The maximum absolute atomic E-state index is 14.2. The first-order valence-electron chi connectivity index (χ1n) is 10.7. The summed E-state index contributed by atoms with van der Waals surface area (Å²) in [6.07, 6.45) is -1.76. The molecule has 3 rings (SSSR count). The van der Waals surface area contributed by atoms with E-state index in [9.17, 15) is 22.4 Å². The average molecular weight is 462 g/mol. The fourth-order valence-electron chi connectivity index (χ4n) is 3.85. The number of piperidine rings is 1. The monoisotopic (exact) mass is 462 g/mol. The fraction of sp³-hybridized carbons (Fsp3) is 0.636. The second-order valence-electron chi connectivity index (χ2n) is 8.73. The number of nitrogens with one attached hydrogen (secondary N) is 1. The van der Waals surface area contributed by atoms with E-state index in [1.807, 2.05) is 0 Å². The molecular formula is C22H30F4N2O4. The van der Waals surface area contributed by atoms with Crippen molar-refractivity contribution >= 4 is 17.7 Å². The lowest BCUT2D eigenvalue weighted by atomic mass is 9.92. The summed E-state index contributed by atoms with van der Waals surface area (Å²) in [4.78, 5) is 23.0. The van der Waals surface area contributed by atoms with Gasteiger partial charge in [0.05, 0.1) is 11.6 Å². The van der Waals surface area contributed by atoms with Gasteiger partial charge in [-0.05, 0) is 74.7 Å². The number of likely N-dealkylation sites (tertiary alicyclic amines) is 1. The van der Waals surface area contributed by atoms with Crippen LogP contribution in [0.25, 0.3) is 0 Å². The van der Waals surface area contributed by atoms with Crippen molar-refractivity contribution in [3.05, 3.63) is 29.6 Å². The molecule has 3 N–H and O–H groups in total. The number of hydrogen-bond donors (Lipinski definition) is 3. The van der Waals surface area contributed by atoms with E-state index < -0.39 is 36.0 Å². The molecule has 1 saturated heterocycles. The van der Waals surface area contributed by atoms with Crippen LogP contribution in [0.5, 0.6) is 0 Å². The standard InChI is InChI=1S/C21H28F4N2O.CH2O3/c1-13-7-9-27(10-8-13)19(14(2)21(23,24)25)20(28)26-18-12-16(5-6-17(18)22)11-15-3-4-15;2-1(3)4/h5-6,12-15,19H,3-4,7-11H2,1-2H3,(H,26,28);(H2,2,3,4). The maximum Gasteiger partial charge on any atom is 0.503 e. The van der Waals surface area contributed by atoms with Crippen LogP contribution in [0.1, 0.15) is 45.1 Å². The van der Waals surface area contributed by atoms with E-state index in [-0.39, 0.29) is 5.69 Å². The largest absolute Gasteiger partial charge is 0.503 e. The van der Waals surface area contributed by atoms with Crippen molar-refractivity contribution in [2.75, 3.05) is 18.4 Å². The molecule has 6 nitrogen and oxygen atoms in total. The Morgan fingerprint density at radius 2 is 1.72 bits per heavy atom. The summed E-state index contributed by atoms with van der Waals surface area (Å²) in [7, 11) is 0. The third kappa shape index (κ3) is 7.96. The van der Waals surface area contributed by atoms with Crippen LogP contribution in [0.3, 0.4) is 0 Å². The van der Waals surface area contributed by atoms with E-state index in [4.69, 9.17) is 15.0 Å². The number of hydrogen-bond acceptors (Lipinski definition) is 3. The Hall–Kier alpha value is -2.36. The highest BCUT2D eigenvalue weighted by Gasteiger charge is 2.47. The number of halogens is 4. The Morgan fingerprint density at radius 3 is 2.22 bits per heavy atom. The molecule has 1 amide bonds. The summed E-state index contributed by atoms with van der Waals surface area (Å²) in [5, 5.41) is 16.4. The molecule has 1 heterocycles. The molecule has 1 aromatic rings. The number of amides is 1. The average Bonchev–Trinajstić information content (AvgIpc) is 3.49. The Bertz CT molecular complexity index is 787. The van der Waals surface area contributed by atoms with Crippen LogP contribution in [-0.4, -0.2) is 52.5 Å². The van der Waals surface area contributed by atoms with E-state index in [0.717, 1.165) is 44.6 Å². The summed E-state index contributed by atoms with van der Waals surface area (Å²) < 4.78 is 54.6. The van der Waals surface area contributed by atoms with Gasteiger partial charge in [-0.3, -0.25) is 9.69 Å². The predicted molar refractivity (Wildman–Crippen MR) is 111 cm³/mol. The van der Waals surface area contributed by atoms with E-state index in [2.05, 4.69) is 12.2 Å². The lowest BCUT2D eigenvalue weighted by Crippen LogP contribution is -2.54. The zero-order chi connectivity index (χ0) is 24.1. The molecule has 1 saturated carbocycles. The van der Waals surface area contributed by atoms with Gasteiger partial charge in [0.2, 0.25) is 5.91 Å². The first-order chi connectivity index (χ1) is 14.9. The van der Waals surface area contributed by atoms with Gasteiger partial charge < -0.3 is 15.5 Å². The normalized spacial score (nSPS) is 19.4. The minimum atomic E-state index is -4.50. The highest BCUT2D eigenvalue weighted by Crippen LogP contribution is 2.35.